The average Bonchev–Trinajstić information content (AvgIpc) is 2.53. The van der Waals surface area contributed by atoms with Crippen LogP contribution in [-0.4, -0.2) is 35.7 Å². The molecule has 22 heavy (non-hydrogen) atoms. The van der Waals surface area contributed by atoms with Crippen LogP contribution in [0, 0.1) is 11.8 Å². The Kier molecular flexibility index (Phi) is 6.09. The van der Waals surface area contributed by atoms with Gasteiger partial charge in [-0.05, 0) is 42.4 Å². The van der Waals surface area contributed by atoms with Gasteiger partial charge >= 0.3 is 6.03 Å². The van der Waals surface area contributed by atoms with Gasteiger partial charge in [0.2, 0.25) is 0 Å². The number of hydrogen-bond acceptors (Lipinski definition) is 2. The zero-order valence-electron chi connectivity index (χ0n) is 13.3. The number of likely N-dealkylation sites (tertiary alicyclic amines) is 1. The first kappa shape index (κ1) is 17.1. The van der Waals surface area contributed by atoms with Crippen molar-refractivity contribution in [3.05, 3.63) is 34.9 Å². The number of piperidine rings is 1. The van der Waals surface area contributed by atoms with Crippen LogP contribution in [0.1, 0.15) is 38.4 Å². The van der Waals surface area contributed by atoms with E-state index in [0.29, 0.717) is 30.6 Å². The predicted molar refractivity (Wildman–Crippen MR) is 88.9 cm³/mol. The Balaban J connectivity index is 1.83. The second-order valence-corrected chi connectivity index (χ2v) is 6.84. The highest BCUT2D eigenvalue weighted by Crippen LogP contribution is 2.31. The molecule has 1 aliphatic heterocycles. The molecule has 1 aliphatic rings. The van der Waals surface area contributed by atoms with E-state index >= 15 is 0 Å². The van der Waals surface area contributed by atoms with Crippen LogP contribution in [0.25, 0.3) is 0 Å². The smallest absolute Gasteiger partial charge is 0.317 e. The number of amides is 2. The number of urea groups is 1. The van der Waals surface area contributed by atoms with Crippen LogP contribution in [0.2, 0.25) is 5.02 Å². The summed E-state index contributed by atoms with van der Waals surface area (Å²) in [5, 5.41) is 14.1. The lowest BCUT2D eigenvalue weighted by Gasteiger charge is -2.34. The maximum Gasteiger partial charge on any atom is 0.317 e. The summed E-state index contributed by atoms with van der Waals surface area (Å²) in [7, 11) is 0. The molecule has 5 heteroatoms. The molecule has 1 saturated heterocycles. The van der Waals surface area contributed by atoms with Crippen molar-refractivity contribution in [3.63, 3.8) is 0 Å². The number of halogens is 1. The second-order valence-electron chi connectivity index (χ2n) is 6.40. The molecule has 2 amide bonds. The van der Waals surface area contributed by atoms with Crippen molar-refractivity contribution in [1.29, 1.82) is 0 Å². The van der Waals surface area contributed by atoms with E-state index in [1.54, 1.807) is 12.1 Å². The molecule has 0 bridgehead atoms. The summed E-state index contributed by atoms with van der Waals surface area (Å²) < 4.78 is 0. The van der Waals surface area contributed by atoms with Gasteiger partial charge in [-0.3, -0.25) is 0 Å². The van der Waals surface area contributed by atoms with Gasteiger partial charge in [-0.2, -0.15) is 0 Å². The van der Waals surface area contributed by atoms with Crippen LogP contribution >= 0.6 is 11.6 Å². The summed E-state index contributed by atoms with van der Waals surface area (Å²) in [6.45, 7) is 6.24. The van der Waals surface area contributed by atoms with Crippen LogP contribution in [0.5, 0.6) is 0 Å². The molecule has 1 heterocycles. The number of aliphatic hydroxyl groups excluding tert-OH is 1. The third-order valence-corrected chi connectivity index (χ3v) is 4.40. The largest absolute Gasteiger partial charge is 0.388 e. The van der Waals surface area contributed by atoms with E-state index in [9.17, 15) is 9.90 Å². The van der Waals surface area contributed by atoms with Crippen molar-refractivity contribution in [2.24, 2.45) is 11.8 Å². The van der Waals surface area contributed by atoms with Crippen LogP contribution in [0.15, 0.2) is 24.3 Å². The average molecular weight is 325 g/mol. The molecule has 4 nitrogen and oxygen atoms in total. The quantitative estimate of drug-likeness (QED) is 0.891. The standard InChI is InChI=1S/C17H25ClN2O2/c1-12(2)11-19-17(22)20-9-7-14(8-10-20)16(21)13-3-5-15(18)6-4-13/h3-6,12,14,16,21H,7-11H2,1-2H3,(H,19,22). The number of rotatable bonds is 4. The summed E-state index contributed by atoms with van der Waals surface area (Å²) in [5.74, 6) is 0.642. The highest BCUT2D eigenvalue weighted by atomic mass is 35.5. The molecule has 1 unspecified atom stereocenters. The maximum atomic E-state index is 12.0. The molecule has 0 spiro atoms. The normalized spacial score (nSPS) is 17.6. The summed E-state index contributed by atoms with van der Waals surface area (Å²) in [6, 6.07) is 7.35. The van der Waals surface area contributed by atoms with Gasteiger partial charge in [0.1, 0.15) is 0 Å². The molecule has 0 aromatic heterocycles. The molecule has 1 aromatic carbocycles. The zero-order chi connectivity index (χ0) is 16.1. The third kappa shape index (κ3) is 4.62. The number of nitrogens with one attached hydrogen (secondary N) is 1. The van der Waals surface area contributed by atoms with Crippen molar-refractivity contribution in [2.75, 3.05) is 19.6 Å². The van der Waals surface area contributed by atoms with Gasteiger partial charge < -0.3 is 15.3 Å². The SMILES string of the molecule is CC(C)CNC(=O)N1CCC(C(O)c2ccc(Cl)cc2)CC1. The Labute approximate surface area is 137 Å². The lowest BCUT2D eigenvalue weighted by Crippen LogP contribution is -2.46. The summed E-state index contributed by atoms with van der Waals surface area (Å²) >= 11 is 5.88. The zero-order valence-corrected chi connectivity index (χ0v) is 14.0. The van der Waals surface area contributed by atoms with Crippen molar-refractivity contribution in [3.8, 4) is 0 Å². The highest BCUT2D eigenvalue weighted by Gasteiger charge is 2.28. The molecule has 2 N–H and O–H groups in total. The Morgan fingerprint density at radius 3 is 2.45 bits per heavy atom. The molecule has 0 aliphatic carbocycles. The van der Waals surface area contributed by atoms with Crippen molar-refractivity contribution in [2.45, 2.75) is 32.8 Å². The summed E-state index contributed by atoms with van der Waals surface area (Å²) in [4.78, 5) is 13.9. The Bertz CT molecular complexity index is 482. The molecule has 1 fully saturated rings. The van der Waals surface area contributed by atoms with Crippen molar-refractivity contribution >= 4 is 17.6 Å². The van der Waals surface area contributed by atoms with Crippen LogP contribution in [0.4, 0.5) is 4.79 Å². The molecule has 1 aromatic rings. The fraction of sp³-hybridized carbons (Fsp3) is 0.588. The predicted octanol–water partition coefficient (Wildman–Crippen LogP) is 3.45. The van der Waals surface area contributed by atoms with Crippen molar-refractivity contribution in [1.82, 2.24) is 10.2 Å². The summed E-state index contributed by atoms with van der Waals surface area (Å²) in [6.07, 6.45) is 1.15. The van der Waals surface area contributed by atoms with Gasteiger partial charge in [0.25, 0.3) is 0 Å². The fourth-order valence-electron chi connectivity index (χ4n) is 2.75. The van der Waals surface area contributed by atoms with E-state index in [2.05, 4.69) is 19.2 Å². The third-order valence-electron chi connectivity index (χ3n) is 4.15. The molecular weight excluding hydrogens is 300 g/mol. The van der Waals surface area contributed by atoms with Gasteiger partial charge in [0.15, 0.2) is 0 Å². The number of nitrogens with zero attached hydrogens (tertiary/aromatic N) is 1. The van der Waals surface area contributed by atoms with E-state index in [4.69, 9.17) is 11.6 Å². The van der Waals surface area contributed by atoms with E-state index in [0.717, 1.165) is 18.4 Å². The lowest BCUT2D eigenvalue weighted by molar-refractivity contribution is 0.0664. The number of hydrogen-bond donors (Lipinski definition) is 2. The second kappa shape index (κ2) is 7.84. The van der Waals surface area contributed by atoms with E-state index in [1.165, 1.54) is 0 Å². The maximum absolute atomic E-state index is 12.0. The minimum atomic E-state index is -0.488. The molecule has 2 rings (SSSR count). The number of carbonyl (C=O) groups is 1. The molecule has 1 atom stereocenters. The highest BCUT2D eigenvalue weighted by molar-refractivity contribution is 6.30. The number of carbonyl (C=O) groups excluding carboxylic acids is 1. The minimum absolute atomic E-state index is 0.00753. The number of aliphatic hydroxyl groups is 1. The Morgan fingerprint density at radius 1 is 1.32 bits per heavy atom. The lowest BCUT2D eigenvalue weighted by atomic mass is 9.87. The monoisotopic (exact) mass is 324 g/mol. The first-order valence-corrected chi connectivity index (χ1v) is 8.31. The first-order chi connectivity index (χ1) is 10.5. The van der Waals surface area contributed by atoms with Crippen LogP contribution in [-0.2, 0) is 0 Å². The first-order valence-electron chi connectivity index (χ1n) is 7.93. The van der Waals surface area contributed by atoms with Crippen LogP contribution < -0.4 is 5.32 Å². The Hall–Kier alpha value is -1.26. The van der Waals surface area contributed by atoms with Crippen molar-refractivity contribution < 1.29 is 9.90 Å². The molecule has 0 saturated carbocycles. The molecule has 0 radical (unpaired) electrons. The topological polar surface area (TPSA) is 52.6 Å². The number of benzene rings is 1. The Morgan fingerprint density at radius 2 is 1.91 bits per heavy atom. The van der Waals surface area contributed by atoms with Gasteiger partial charge in [-0.15, -0.1) is 0 Å². The van der Waals surface area contributed by atoms with E-state index < -0.39 is 6.10 Å². The summed E-state index contributed by atoms with van der Waals surface area (Å²) in [5.41, 5.74) is 0.895. The molecular formula is C17H25ClN2O2. The minimum Gasteiger partial charge on any atom is -0.388 e. The van der Waals surface area contributed by atoms with E-state index in [-0.39, 0.29) is 11.9 Å². The fourth-order valence-corrected chi connectivity index (χ4v) is 2.88. The van der Waals surface area contributed by atoms with Gasteiger partial charge in [-0.25, -0.2) is 4.79 Å². The van der Waals surface area contributed by atoms with Crippen LogP contribution in [0.3, 0.4) is 0 Å². The van der Waals surface area contributed by atoms with E-state index in [1.807, 2.05) is 17.0 Å². The van der Waals surface area contributed by atoms with Gasteiger partial charge in [-0.1, -0.05) is 37.6 Å². The van der Waals surface area contributed by atoms with Gasteiger partial charge in [0.05, 0.1) is 6.10 Å². The molecule has 122 valence electrons. The van der Waals surface area contributed by atoms with Gasteiger partial charge in [0, 0.05) is 24.7 Å².